The van der Waals surface area contributed by atoms with Gasteiger partial charge in [0, 0.05) is 54.1 Å². The van der Waals surface area contributed by atoms with E-state index in [1.807, 2.05) is 11.3 Å². The monoisotopic (exact) mass is 922 g/mol. The number of hydrogen-bond donors (Lipinski definition) is 0. The van der Waals surface area contributed by atoms with Crippen LogP contribution >= 0.6 is 11.3 Å². The zero-order valence-corrected chi connectivity index (χ0v) is 43.8. The van der Waals surface area contributed by atoms with Crippen LogP contribution in [0.2, 0.25) is 0 Å². The van der Waals surface area contributed by atoms with Gasteiger partial charge in [-0.3, -0.25) is 0 Å². The minimum absolute atomic E-state index is 0.0309. The summed E-state index contributed by atoms with van der Waals surface area (Å²) in [5.41, 5.74) is 20.0. The van der Waals surface area contributed by atoms with Crippen molar-refractivity contribution in [1.82, 2.24) is 4.57 Å². The fourth-order valence-electron chi connectivity index (χ4n) is 11.6. The highest BCUT2D eigenvalue weighted by Gasteiger charge is 2.46. The Kier molecular flexibility index (Phi) is 10.7. The van der Waals surface area contributed by atoms with Crippen molar-refractivity contribution in [3.63, 3.8) is 0 Å². The second-order valence-electron chi connectivity index (χ2n) is 25.2. The molecular weight excluding hydrogens is 854 g/mol. The molecule has 0 spiro atoms. The topological polar surface area (TPSA) is 11.4 Å². The molecule has 0 fully saturated rings. The number of benzene rings is 7. The Morgan fingerprint density at radius 1 is 0.406 bits per heavy atom. The average Bonchev–Trinajstić information content (AvgIpc) is 3.81. The maximum absolute atomic E-state index is 2.66. The molecule has 2 aromatic heterocycles. The Morgan fingerprint density at radius 2 is 0.855 bits per heavy atom. The highest BCUT2D eigenvalue weighted by atomic mass is 32.1. The number of aromatic nitrogens is 1. The summed E-state index contributed by atoms with van der Waals surface area (Å²) in [6.45, 7) is 28.2. The van der Waals surface area contributed by atoms with Gasteiger partial charge in [-0.25, -0.2) is 0 Å². The van der Waals surface area contributed by atoms with Crippen LogP contribution in [-0.2, 0) is 25.7 Å². The van der Waals surface area contributed by atoms with E-state index < -0.39 is 0 Å². The van der Waals surface area contributed by atoms with E-state index in [9.17, 15) is 0 Å². The lowest BCUT2D eigenvalue weighted by Gasteiger charge is -2.43. The molecule has 0 bridgehead atoms. The molecule has 7 aromatic carbocycles. The van der Waals surface area contributed by atoms with Gasteiger partial charge in [-0.1, -0.05) is 162 Å². The van der Waals surface area contributed by atoms with Crippen molar-refractivity contribution in [3.05, 3.63) is 168 Å². The van der Waals surface area contributed by atoms with Crippen LogP contribution in [0.15, 0.2) is 146 Å². The van der Waals surface area contributed by atoms with Crippen molar-refractivity contribution in [3.8, 4) is 5.69 Å². The van der Waals surface area contributed by atoms with Gasteiger partial charge in [0.05, 0.1) is 22.4 Å². The Balaban J connectivity index is 1.26. The van der Waals surface area contributed by atoms with Crippen molar-refractivity contribution in [2.75, 3.05) is 9.80 Å². The Bertz CT molecular complexity index is 3380. The maximum Gasteiger partial charge on any atom is 0.264 e. The fourth-order valence-corrected chi connectivity index (χ4v) is 12.9. The summed E-state index contributed by atoms with van der Waals surface area (Å²) < 4.78 is 5.29. The van der Waals surface area contributed by atoms with Crippen LogP contribution in [-0.4, -0.2) is 11.3 Å². The van der Waals surface area contributed by atoms with Gasteiger partial charge in [-0.15, -0.1) is 11.3 Å². The van der Waals surface area contributed by atoms with Crippen LogP contribution in [0.3, 0.4) is 0 Å². The molecule has 11 rings (SSSR count). The van der Waals surface area contributed by atoms with Crippen molar-refractivity contribution in [2.45, 2.75) is 109 Å². The molecule has 3 nitrogen and oxygen atoms in total. The third-order valence-corrected chi connectivity index (χ3v) is 15.2. The van der Waals surface area contributed by atoms with E-state index in [-0.39, 0.29) is 28.4 Å². The molecule has 0 amide bonds. The van der Waals surface area contributed by atoms with Crippen LogP contribution in [0, 0.1) is 21.7 Å². The number of thiophene rings is 1. The summed E-state index contributed by atoms with van der Waals surface area (Å²) in [4.78, 5) is 5.27. The first-order valence-electron chi connectivity index (χ1n) is 25.3. The molecule has 0 atom stereocenters. The quantitative estimate of drug-likeness (QED) is 0.148. The van der Waals surface area contributed by atoms with Crippen LogP contribution in [0.5, 0.6) is 0 Å². The lowest BCUT2D eigenvalue weighted by molar-refractivity contribution is 0.411. The molecule has 0 radical (unpaired) electrons. The molecule has 348 valence electrons. The number of rotatable bonds is 7. The SMILES string of the molecule is CC(C)(C)Cc1ccc(N2c3ccc(CC(C)(C)C)cc3B3c4sc5ccc(CC(C)(C)C)cc5c4N(c4ccc(CC(C)(C)C)cc4)c4cc(-n5c6ccccc6c6ccccc65)cc2c43)cc1. The first kappa shape index (κ1) is 45.4. The van der Waals surface area contributed by atoms with Gasteiger partial charge >= 0.3 is 0 Å². The first-order chi connectivity index (χ1) is 32.7. The molecule has 0 saturated carbocycles. The van der Waals surface area contributed by atoms with E-state index in [4.69, 9.17) is 0 Å². The number of fused-ring (bicyclic) bond motifs is 9. The van der Waals surface area contributed by atoms with Crippen molar-refractivity contribution in [1.29, 1.82) is 0 Å². The minimum atomic E-state index is 0.0309. The predicted octanol–water partition coefficient (Wildman–Crippen LogP) is 16.4. The van der Waals surface area contributed by atoms with E-state index in [0.29, 0.717) is 0 Å². The van der Waals surface area contributed by atoms with Gasteiger partial charge in [0.15, 0.2) is 0 Å². The van der Waals surface area contributed by atoms with E-state index in [1.165, 1.54) is 104 Å². The van der Waals surface area contributed by atoms with Gasteiger partial charge in [-0.2, -0.15) is 0 Å². The Labute approximate surface area is 415 Å². The van der Waals surface area contributed by atoms with Crippen LogP contribution in [0.25, 0.3) is 37.6 Å². The summed E-state index contributed by atoms with van der Waals surface area (Å²) in [5, 5.41) is 3.88. The molecule has 0 unspecified atom stereocenters. The lowest BCUT2D eigenvalue weighted by atomic mass is 9.36. The van der Waals surface area contributed by atoms with Crippen molar-refractivity contribution >= 4 is 99.8 Å². The van der Waals surface area contributed by atoms with E-state index in [2.05, 4.69) is 243 Å². The smallest absolute Gasteiger partial charge is 0.264 e. The molecule has 2 aliphatic rings. The van der Waals surface area contributed by atoms with E-state index in [0.717, 1.165) is 31.4 Å². The number of anilines is 6. The number of hydrogen-bond acceptors (Lipinski definition) is 3. The molecule has 0 N–H and O–H groups in total. The second kappa shape index (κ2) is 16.3. The van der Waals surface area contributed by atoms with Gasteiger partial charge in [-0.05, 0) is 147 Å². The molecular formula is C64H68BN3S. The Hall–Kier alpha value is -6.04. The largest absolute Gasteiger partial charge is 0.311 e. The molecule has 4 heterocycles. The molecule has 2 aliphatic heterocycles. The third kappa shape index (κ3) is 8.49. The summed E-state index contributed by atoms with van der Waals surface area (Å²) in [7, 11) is 0. The summed E-state index contributed by atoms with van der Waals surface area (Å²) in [6, 6.07) is 56.8. The second-order valence-corrected chi connectivity index (χ2v) is 26.3. The summed E-state index contributed by atoms with van der Waals surface area (Å²) in [6.07, 6.45) is 4.06. The molecule has 0 aliphatic carbocycles. The van der Waals surface area contributed by atoms with Gasteiger partial charge in [0.2, 0.25) is 0 Å². The summed E-state index contributed by atoms with van der Waals surface area (Å²) >= 11 is 2.00. The van der Waals surface area contributed by atoms with E-state index in [1.54, 1.807) is 0 Å². The third-order valence-electron chi connectivity index (χ3n) is 13.9. The first-order valence-corrected chi connectivity index (χ1v) is 26.1. The predicted molar refractivity (Wildman–Crippen MR) is 303 cm³/mol. The van der Waals surface area contributed by atoms with Crippen LogP contribution in [0.1, 0.15) is 105 Å². The Morgan fingerprint density at radius 3 is 1.39 bits per heavy atom. The summed E-state index contributed by atoms with van der Waals surface area (Å²) in [5.74, 6) is 0. The van der Waals surface area contributed by atoms with Crippen molar-refractivity contribution < 1.29 is 0 Å². The molecule has 69 heavy (non-hydrogen) atoms. The normalized spacial score (nSPS) is 13.9. The van der Waals surface area contributed by atoms with Crippen LogP contribution < -0.4 is 25.5 Å². The zero-order chi connectivity index (χ0) is 48.4. The molecule has 5 heteroatoms. The number of para-hydroxylation sites is 2. The van der Waals surface area contributed by atoms with Gasteiger partial charge < -0.3 is 14.4 Å². The highest BCUT2D eigenvalue weighted by molar-refractivity contribution is 7.33. The van der Waals surface area contributed by atoms with Gasteiger partial charge in [0.25, 0.3) is 6.71 Å². The number of nitrogens with zero attached hydrogens (tertiary/aromatic N) is 3. The highest BCUT2D eigenvalue weighted by Crippen LogP contribution is 2.50. The fraction of sp³-hybridized carbons (Fsp3) is 0.312. The molecule has 9 aromatic rings. The average molecular weight is 922 g/mol. The standard InChI is InChI=1S/C64H68BN3S/c1-61(2,3)37-41-21-27-45(28-22-41)66-54-31-25-44(40-64(10,11)12)34-51(54)65-58-55(66)35-47(67-52-19-15-13-17-48(52)49-18-14-16-20-53(49)67)36-56(58)68(46-29-23-42(24-30-46)38-62(4,5)6)59-50-33-43(39-63(7,8)9)26-32-57(50)69-60(59)65/h13-36H,37-40H2,1-12H3. The van der Waals surface area contributed by atoms with Gasteiger partial charge in [0.1, 0.15) is 0 Å². The molecule has 0 saturated heterocycles. The van der Waals surface area contributed by atoms with Crippen LogP contribution in [0.4, 0.5) is 34.1 Å². The minimum Gasteiger partial charge on any atom is -0.311 e. The lowest BCUT2D eigenvalue weighted by Crippen LogP contribution is -2.60. The zero-order valence-electron chi connectivity index (χ0n) is 43.0. The maximum atomic E-state index is 2.66. The van der Waals surface area contributed by atoms with Crippen molar-refractivity contribution in [2.24, 2.45) is 21.7 Å². The van der Waals surface area contributed by atoms with E-state index >= 15 is 0 Å².